The van der Waals surface area contributed by atoms with E-state index in [9.17, 15) is 5.11 Å². The van der Waals surface area contributed by atoms with Gasteiger partial charge in [0.25, 0.3) is 0 Å². The number of methoxy groups -OCH3 is 1. The highest BCUT2D eigenvalue weighted by molar-refractivity contribution is 5.41. The molecule has 0 spiro atoms. The van der Waals surface area contributed by atoms with E-state index in [1.54, 1.807) is 13.2 Å². The van der Waals surface area contributed by atoms with Crippen molar-refractivity contribution in [1.82, 2.24) is 10.2 Å². The normalized spacial score (nSPS) is 17.9. The Kier molecular flexibility index (Phi) is 5.68. The van der Waals surface area contributed by atoms with Gasteiger partial charge in [-0.15, -0.1) is 0 Å². The number of nitrogens with zero attached hydrogens (tertiary/aromatic N) is 1. The van der Waals surface area contributed by atoms with Gasteiger partial charge in [0.15, 0.2) is 0 Å². The number of hydrogen-bond acceptors (Lipinski definition) is 4. The Balaban J connectivity index is 2.20. The average Bonchev–Trinajstić information content (AvgIpc) is 2.50. The average molecular weight is 278 g/mol. The quantitative estimate of drug-likeness (QED) is 0.839. The van der Waals surface area contributed by atoms with Crippen LogP contribution in [0.3, 0.4) is 0 Å². The summed E-state index contributed by atoms with van der Waals surface area (Å²) < 4.78 is 5.17. The molecule has 1 heterocycles. The van der Waals surface area contributed by atoms with E-state index in [1.807, 2.05) is 12.1 Å². The van der Waals surface area contributed by atoms with Crippen LogP contribution >= 0.6 is 0 Å². The molecule has 20 heavy (non-hydrogen) atoms. The molecule has 0 bridgehead atoms. The van der Waals surface area contributed by atoms with Crippen LogP contribution in [0.1, 0.15) is 37.8 Å². The summed E-state index contributed by atoms with van der Waals surface area (Å²) in [6.07, 6.45) is 3.45. The first kappa shape index (κ1) is 15.1. The zero-order valence-electron chi connectivity index (χ0n) is 12.6. The van der Waals surface area contributed by atoms with E-state index in [0.29, 0.717) is 17.5 Å². The zero-order chi connectivity index (χ0) is 14.4. The Morgan fingerprint density at radius 1 is 1.35 bits per heavy atom. The number of ether oxygens (including phenoxy) is 1. The van der Waals surface area contributed by atoms with E-state index in [4.69, 9.17) is 4.74 Å². The lowest BCUT2D eigenvalue weighted by molar-refractivity contribution is 0.160. The summed E-state index contributed by atoms with van der Waals surface area (Å²) >= 11 is 0. The molecule has 1 atom stereocenters. The number of aromatic hydroxyl groups is 1. The molecule has 1 aliphatic rings. The number of benzene rings is 1. The minimum atomic E-state index is 0.308. The Bertz CT molecular complexity index is 417. The molecule has 2 rings (SSSR count). The van der Waals surface area contributed by atoms with Gasteiger partial charge in [-0.1, -0.05) is 25.8 Å². The zero-order valence-corrected chi connectivity index (χ0v) is 12.6. The van der Waals surface area contributed by atoms with Gasteiger partial charge in [0.2, 0.25) is 0 Å². The Labute approximate surface area is 121 Å². The Morgan fingerprint density at radius 3 is 2.70 bits per heavy atom. The van der Waals surface area contributed by atoms with Crippen LogP contribution in [-0.4, -0.2) is 43.3 Å². The second kappa shape index (κ2) is 7.50. The maximum absolute atomic E-state index is 10.3. The first-order valence-electron chi connectivity index (χ1n) is 7.58. The summed E-state index contributed by atoms with van der Waals surface area (Å²) in [6, 6.07) is 5.98. The van der Waals surface area contributed by atoms with Crippen molar-refractivity contribution in [2.45, 2.75) is 32.2 Å². The second-order valence-electron chi connectivity index (χ2n) is 5.37. The van der Waals surface area contributed by atoms with E-state index in [-0.39, 0.29) is 0 Å². The van der Waals surface area contributed by atoms with Gasteiger partial charge in [-0.25, -0.2) is 0 Å². The SMILES string of the molecule is CCCC[C@@H](c1ccc(OC)cc1O)N1CCNCC1. The molecule has 0 unspecified atom stereocenters. The molecule has 2 N–H and O–H groups in total. The van der Waals surface area contributed by atoms with Crippen molar-refractivity contribution < 1.29 is 9.84 Å². The third-order valence-electron chi connectivity index (χ3n) is 4.02. The van der Waals surface area contributed by atoms with Gasteiger partial charge in [-0.2, -0.15) is 0 Å². The minimum Gasteiger partial charge on any atom is -0.507 e. The molecule has 0 aliphatic carbocycles. The number of hydrogen-bond donors (Lipinski definition) is 2. The lowest BCUT2D eigenvalue weighted by Crippen LogP contribution is -2.45. The van der Waals surface area contributed by atoms with Crippen LogP contribution in [0.5, 0.6) is 11.5 Å². The molecule has 0 radical (unpaired) electrons. The van der Waals surface area contributed by atoms with E-state index in [2.05, 4.69) is 17.1 Å². The van der Waals surface area contributed by atoms with Gasteiger partial charge in [0.1, 0.15) is 11.5 Å². The van der Waals surface area contributed by atoms with E-state index in [0.717, 1.165) is 38.2 Å². The molecular formula is C16H26N2O2. The molecule has 1 fully saturated rings. The fourth-order valence-corrected chi connectivity index (χ4v) is 2.86. The molecule has 4 nitrogen and oxygen atoms in total. The molecule has 4 heteroatoms. The molecule has 1 saturated heterocycles. The van der Waals surface area contributed by atoms with Crippen molar-refractivity contribution in [1.29, 1.82) is 0 Å². The molecule has 0 saturated carbocycles. The summed E-state index contributed by atoms with van der Waals surface area (Å²) in [5, 5.41) is 13.7. The van der Waals surface area contributed by atoms with E-state index < -0.39 is 0 Å². The fraction of sp³-hybridized carbons (Fsp3) is 0.625. The summed E-state index contributed by atoms with van der Waals surface area (Å²) in [4.78, 5) is 2.48. The van der Waals surface area contributed by atoms with Crippen molar-refractivity contribution in [2.24, 2.45) is 0 Å². The van der Waals surface area contributed by atoms with Crippen LogP contribution < -0.4 is 10.1 Å². The Hall–Kier alpha value is -1.26. The number of phenolic OH excluding ortho intramolecular Hbond substituents is 1. The molecule has 1 aromatic rings. The first-order chi connectivity index (χ1) is 9.76. The first-order valence-corrected chi connectivity index (χ1v) is 7.58. The van der Waals surface area contributed by atoms with Gasteiger partial charge in [-0.3, -0.25) is 4.90 Å². The predicted molar refractivity (Wildman–Crippen MR) is 81.4 cm³/mol. The van der Waals surface area contributed by atoms with Crippen LogP contribution in [0.2, 0.25) is 0 Å². The van der Waals surface area contributed by atoms with Crippen molar-refractivity contribution in [3.8, 4) is 11.5 Å². The molecule has 1 aromatic carbocycles. The summed E-state index contributed by atoms with van der Waals surface area (Å²) in [5.74, 6) is 1.06. The molecule has 0 aromatic heterocycles. The Morgan fingerprint density at radius 2 is 2.10 bits per heavy atom. The number of piperazine rings is 1. The number of nitrogens with one attached hydrogen (secondary N) is 1. The maximum Gasteiger partial charge on any atom is 0.124 e. The second-order valence-corrected chi connectivity index (χ2v) is 5.37. The standard InChI is InChI=1S/C16H26N2O2/c1-3-4-5-15(18-10-8-17-9-11-18)14-7-6-13(20-2)12-16(14)19/h6-7,12,15,17,19H,3-5,8-11H2,1-2H3/t15-/m0/s1. The molecule has 0 amide bonds. The largest absolute Gasteiger partial charge is 0.507 e. The van der Waals surface area contributed by atoms with Crippen molar-refractivity contribution >= 4 is 0 Å². The van der Waals surface area contributed by atoms with Crippen molar-refractivity contribution in [3.63, 3.8) is 0 Å². The van der Waals surface area contributed by atoms with Crippen LogP contribution in [-0.2, 0) is 0 Å². The molecule has 112 valence electrons. The van der Waals surface area contributed by atoms with Crippen molar-refractivity contribution in [2.75, 3.05) is 33.3 Å². The van der Waals surface area contributed by atoms with Crippen LogP contribution in [0.4, 0.5) is 0 Å². The fourth-order valence-electron chi connectivity index (χ4n) is 2.86. The summed E-state index contributed by atoms with van der Waals surface area (Å²) in [6.45, 7) is 6.35. The highest BCUT2D eigenvalue weighted by atomic mass is 16.5. The monoisotopic (exact) mass is 278 g/mol. The predicted octanol–water partition coefficient (Wildman–Crippen LogP) is 2.54. The van der Waals surface area contributed by atoms with Gasteiger partial charge >= 0.3 is 0 Å². The van der Waals surface area contributed by atoms with Crippen LogP contribution in [0, 0.1) is 0 Å². The maximum atomic E-state index is 10.3. The van der Waals surface area contributed by atoms with Crippen LogP contribution in [0.15, 0.2) is 18.2 Å². The summed E-state index contributed by atoms with van der Waals surface area (Å²) in [5.41, 5.74) is 1.03. The third-order valence-corrected chi connectivity index (χ3v) is 4.02. The number of rotatable bonds is 6. The molecular weight excluding hydrogens is 252 g/mol. The molecule has 1 aliphatic heterocycles. The van der Waals surface area contributed by atoms with Gasteiger partial charge in [-0.05, 0) is 12.5 Å². The topological polar surface area (TPSA) is 44.7 Å². The lowest BCUT2D eigenvalue weighted by Gasteiger charge is -2.35. The van der Waals surface area contributed by atoms with Gasteiger partial charge in [0, 0.05) is 43.9 Å². The van der Waals surface area contributed by atoms with E-state index in [1.165, 1.54) is 12.8 Å². The highest BCUT2D eigenvalue weighted by Gasteiger charge is 2.24. The van der Waals surface area contributed by atoms with Gasteiger partial charge in [0.05, 0.1) is 7.11 Å². The number of phenols is 1. The van der Waals surface area contributed by atoms with Crippen molar-refractivity contribution in [3.05, 3.63) is 23.8 Å². The van der Waals surface area contributed by atoms with E-state index >= 15 is 0 Å². The minimum absolute atomic E-state index is 0.308. The smallest absolute Gasteiger partial charge is 0.124 e. The highest BCUT2D eigenvalue weighted by Crippen LogP contribution is 2.34. The van der Waals surface area contributed by atoms with Crippen LogP contribution in [0.25, 0.3) is 0 Å². The van der Waals surface area contributed by atoms with Gasteiger partial charge < -0.3 is 15.2 Å². The number of unbranched alkanes of at least 4 members (excludes halogenated alkanes) is 1. The summed E-state index contributed by atoms with van der Waals surface area (Å²) in [7, 11) is 1.62. The lowest BCUT2D eigenvalue weighted by atomic mass is 9.97. The third kappa shape index (κ3) is 3.64.